The van der Waals surface area contributed by atoms with E-state index in [1.54, 1.807) is 0 Å². The highest BCUT2D eigenvalue weighted by molar-refractivity contribution is 7.98. The first-order chi connectivity index (χ1) is 9.70. The van der Waals surface area contributed by atoms with E-state index in [2.05, 4.69) is 54.3 Å². The quantitative estimate of drug-likeness (QED) is 0.819. The van der Waals surface area contributed by atoms with Gasteiger partial charge in [0.25, 0.3) is 0 Å². The molecule has 2 aromatic rings. The summed E-state index contributed by atoms with van der Waals surface area (Å²) in [6, 6.07) is 17.0. The molecule has 0 aromatic heterocycles. The van der Waals surface area contributed by atoms with Crippen LogP contribution in [0.15, 0.2) is 53.4 Å². The zero-order valence-electron chi connectivity index (χ0n) is 12.0. The van der Waals surface area contributed by atoms with Gasteiger partial charge in [0.2, 0.25) is 0 Å². The molecule has 0 aliphatic heterocycles. The fraction of sp³-hybridized carbons (Fsp3) is 0.294. The summed E-state index contributed by atoms with van der Waals surface area (Å²) in [6.07, 6.45) is 0. The summed E-state index contributed by atoms with van der Waals surface area (Å²) < 4.78 is 0. The zero-order valence-corrected chi connectivity index (χ0v) is 12.9. The number of thioether (sulfide) groups is 1. The van der Waals surface area contributed by atoms with E-state index >= 15 is 0 Å². The first kappa shape index (κ1) is 14.9. The number of hydrogen-bond donors (Lipinski definition) is 1. The largest absolute Gasteiger partial charge is 0.395 e. The Bertz CT molecular complexity index is 542. The molecule has 0 unspecified atom stereocenters. The van der Waals surface area contributed by atoms with Crippen molar-refractivity contribution in [1.82, 2.24) is 0 Å². The van der Waals surface area contributed by atoms with Gasteiger partial charge in [-0.15, -0.1) is 11.8 Å². The molecule has 0 saturated carbocycles. The van der Waals surface area contributed by atoms with Crippen LogP contribution in [-0.2, 0) is 5.75 Å². The highest BCUT2D eigenvalue weighted by atomic mass is 32.2. The van der Waals surface area contributed by atoms with Crippen molar-refractivity contribution >= 4 is 17.4 Å². The molecule has 1 N–H and O–H groups in total. The van der Waals surface area contributed by atoms with Gasteiger partial charge >= 0.3 is 0 Å². The Kier molecular flexibility index (Phi) is 5.50. The molecule has 106 valence electrons. The lowest BCUT2D eigenvalue weighted by atomic mass is 10.2. The number of likely N-dealkylation sites (N-methyl/N-ethyl adjacent to an activating group) is 1. The second-order valence-electron chi connectivity index (χ2n) is 4.87. The molecule has 3 heteroatoms. The van der Waals surface area contributed by atoms with Crippen molar-refractivity contribution in [3.63, 3.8) is 0 Å². The smallest absolute Gasteiger partial charge is 0.0606 e. The lowest BCUT2D eigenvalue weighted by Gasteiger charge is -2.19. The third-order valence-electron chi connectivity index (χ3n) is 3.29. The first-order valence-electron chi connectivity index (χ1n) is 6.80. The molecule has 2 rings (SSSR count). The minimum absolute atomic E-state index is 0.177. The maximum absolute atomic E-state index is 9.03. The molecule has 0 atom stereocenters. The molecule has 2 nitrogen and oxygen atoms in total. The molecule has 0 spiro atoms. The lowest BCUT2D eigenvalue weighted by Crippen LogP contribution is -2.21. The predicted octanol–water partition coefficient (Wildman–Crippen LogP) is 3.72. The van der Waals surface area contributed by atoms with Gasteiger partial charge < -0.3 is 10.0 Å². The van der Waals surface area contributed by atoms with Crippen LogP contribution >= 0.6 is 11.8 Å². The fourth-order valence-electron chi connectivity index (χ4n) is 2.00. The number of benzene rings is 2. The molecule has 0 amide bonds. The fourth-order valence-corrected chi connectivity index (χ4v) is 3.01. The van der Waals surface area contributed by atoms with Gasteiger partial charge in [-0.1, -0.05) is 36.4 Å². The Balaban J connectivity index is 2.08. The van der Waals surface area contributed by atoms with Crippen molar-refractivity contribution in [2.45, 2.75) is 17.6 Å². The van der Waals surface area contributed by atoms with Crippen LogP contribution in [0.25, 0.3) is 0 Å². The summed E-state index contributed by atoms with van der Waals surface area (Å²) in [5.74, 6) is 0.981. The van der Waals surface area contributed by atoms with Crippen molar-refractivity contribution in [2.24, 2.45) is 0 Å². The van der Waals surface area contributed by atoms with E-state index in [0.29, 0.717) is 6.54 Å². The van der Waals surface area contributed by atoms with E-state index in [1.807, 2.05) is 24.9 Å². The summed E-state index contributed by atoms with van der Waals surface area (Å²) in [5, 5.41) is 9.03. The molecule has 0 aliphatic rings. The van der Waals surface area contributed by atoms with Gasteiger partial charge in [0.05, 0.1) is 6.61 Å². The number of anilines is 1. The van der Waals surface area contributed by atoms with Crippen molar-refractivity contribution in [3.05, 3.63) is 59.7 Å². The van der Waals surface area contributed by atoms with E-state index in [0.717, 1.165) is 11.4 Å². The van der Waals surface area contributed by atoms with Crippen molar-refractivity contribution < 1.29 is 5.11 Å². The van der Waals surface area contributed by atoms with Crippen LogP contribution < -0.4 is 4.90 Å². The van der Waals surface area contributed by atoms with E-state index in [9.17, 15) is 0 Å². The van der Waals surface area contributed by atoms with Crippen LogP contribution in [0.4, 0.5) is 5.69 Å². The van der Waals surface area contributed by atoms with Crippen molar-refractivity contribution in [3.8, 4) is 0 Å². The summed E-state index contributed by atoms with van der Waals surface area (Å²) in [5.41, 5.74) is 3.79. The molecule has 0 radical (unpaired) electrons. The number of hydrogen-bond acceptors (Lipinski definition) is 3. The third-order valence-corrected chi connectivity index (χ3v) is 4.51. The summed E-state index contributed by atoms with van der Waals surface area (Å²) in [6.45, 7) is 2.98. The Morgan fingerprint density at radius 2 is 1.85 bits per heavy atom. The van der Waals surface area contributed by atoms with Crippen LogP contribution in [0.2, 0.25) is 0 Å². The maximum atomic E-state index is 9.03. The first-order valence-corrected chi connectivity index (χ1v) is 7.78. The van der Waals surface area contributed by atoms with E-state index < -0.39 is 0 Å². The number of aryl methyl sites for hydroxylation is 1. The predicted molar refractivity (Wildman–Crippen MR) is 87.5 cm³/mol. The van der Waals surface area contributed by atoms with Gasteiger partial charge in [-0.05, 0) is 30.2 Å². The van der Waals surface area contributed by atoms with Gasteiger partial charge in [-0.3, -0.25) is 0 Å². The molecule has 20 heavy (non-hydrogen) atoms. The summed E-state index contributed by atoms with van der Waals surface area (Å²) >= 11 is 1.86. The summed E-state index contributed by atoms with van der Waals surface area (Å²) in [7, 11) is 2.01. The highest BCUT2D eigenvalue weighted by Crippen LogP contribution is 2.29. The molecule has 0 heterocycles. The van der Waals surface area contributed by atoms with Crippen LogP contribution in [0, 0.1) is 6.92 Å². The molecule has 0 bridgehead atoms. The summed E-state index contributed by atoms with van der Waals surface area (Å²) in [4.78, 5) is 3.38. The standard InChI is InChI=1S/C17H21NOS/c1-14-8-9-16(18(2)10-11-19)12-17(14)20-13-15-6-4-3-5-7-15/h3-9,12,19H,10-11,13H2,1-2H3. The Morgan fingerprint density at radius 1 is 1.10 bits per heavy atom. The molecule has 0 saturated heterocycles. The normalized spacial score (nSPS) is 10.6. The number of aliphatic hydroxyl groups is 1. The van der Waals surface area contributed by atoms with Gasteiger partial charge in [-0.2, -0.15) is 0 Å². The van der Waals surface area contributed by atoms with Crippen LogP contribution in [-0.4, -0.2) is 25.3 Å². The van der Waals surface area contributed by atoms with Gasteiger partial charge in [-0.25, -0.2) is 0 Å². The Morgan fingerprint density at radius 3 is 2.55 bits per heavy atom. The second-order valence-corrected chi connectivity index (χ2v) is 5.89. The van der Waals surface area contributed by atoms with Gasteiger partial charge in [0, 0.05) is 29.9 Å². The number of aliphatic hydroxyl groups excluding tert-OH is 1. The van der Waals surface area contributed by atoms with Crippen molar-refractivity contribution in [2.75, 3.05) is 25.1 Å². The topological polar surface area (TPSA) is 23.5 Å². The highest BCUT2D eigenvalue weighted by Gasteiger charge is 2.05. The molecular formula is C17H21NOS. The van der Waals surface area contributed by atoms with Crippen LogP contribution in [0.1, 0.15) is 11.1 Å². The maximum Gasteiger partial charge on any atom is 0.0606 e. The Labute approximate surface area is 125 Å². The SMILES string of the molecule is Cc1ccc(N(C)CCO)cc1SCc1ccccc1. The molecule has 2 aromatic carbocycles. The number of nitrogens with zero attached hydrogens (tertiary/aromatic N) is 1. The molecule has 0 fully saturated rings. The zero-order chi connectivity index (χ0) is 14.4. The van der Waals surface area contributed by atoms with E-state index in [4.69, 9.17) is 5.11 Å². The lowest BCUT2D eigenvalue weighted by molar-refractivity contribution is 0.304. The third kappa shape index (κ3) is 4.02. The van der Waals surface area contributed by atoms with Crippen molar-refractivity contribution in [1.29, 1.82) is 0 Å². The molecular weight excluding hydrogens is 266 g/mol. The van der Waals surface area contributed by atoms with Gasteiger partial charge in [0.1, 0.15) is 0 Å². The minimum atomic E-state index is 0.177. The van der Waals surface area contributed by atoms with E-state index in [-0.39, 0.29) is 6.61 Å². The molecule has 0 aliphatic carbocycles. The average Bonchev–Trinajstić information content (AvgIpc) is 2.47. The van der Waals surface area contributed by atoms with Crippen LogP contribution in [0.3, 0.4) is 0 Å². The average molecular weight is 287 g/mol. The second kappa shape index (κ2) is 7.36. The Hall–Kier alpha value is -1.45. The van der Waals surface area contributed by atoms with Gasteiger partial charge in [0.15, 0.2) is 0 Å². The van der Waals surface area contributed by atoms with E-state index in [1.165, 1.54) is 16.0 Å². The van der Waals surface area contributed by atoms with Crippen LogP contribution in [0.5, 0.6) is 0 Å². The monoisotopic (exact) mass is 287 g/mol. The number of rotatable bonds is 6. The minimum Gasteiger partial charge on any atom is -0.395 e.